The number of nitrogens with zero attached hydrogens (tertiary/aromatic N) is 3. The Morgan fingerprint density at radius 2 is 2.17 bits per heavy atom. The second kappa shape index (κ2) is 8.08. The third-order valence-electron chi connectivity index (χ3n) is 5.43. The lowest BCUT2D eigenvalue weighted by atomic mass is 10.0. The Labute approximate surface area is 169 Å². The van der Waals surface area contributed by atoms with Crippen molar-refractivity contribution in [2.24, 2.45) is 5.73 Å². The number of guanidine groups is 1. The van der Waals surface area contributed by atoms with E-state index >= 15 is 0 Å². The highest BCUT2D eigenvalue weighted by molar-refractivity contribution is 5.75. The molecule has 1 saturated heterocycles. The number of rotatable bonds is 5. The Morgan fingerprint density at radius 3 is 2.90 bits per heavy atom. The molecule has 8 heteroatoms. The van der Waals surface area contributed by atoms with E-state index in [0.717, 1.165) is 55.7 Å². The van der Waals surface area contributed by atoms with Crippen LogP contribution in [0.1, 0.15) is 31.0 Å². The zero-order valence-electron chi connectivity index (χ0n) is 16.6. The Bertz CT molecular complexity index is 1070. The number of benzene rings is 1. The first-order chi connectivity index (χ1) is 14.0. The number of likely N-dealkylation sites (tertiary alicyclic amines) is 1. The summed E-state index contributed by atoms with van der Waals surface area (Å²) in [6.07, 6.45) is 4.84. The first kappa shape index (κ1) is 19.2. The molecule has 0 radical (unpaired) electrons. The second-order valence-electron chi connectivity index (χ2n) is 7.64. The maximum Gasteiger partial charge on any atom is 0.354 e. The number of aromatic amines is 1. The molecule has 1 atom stereocenters. The lowest BCUT2D eigenvalue weighted by molar-refractivity contribution is 0.193. The highest BCUT2D eigenvalue weighted by Gasteiger charge is 2.20. The monoisotopic (exact) mass is 393 g/mol. The van der Waals surface area contributed by atoms with E-state index in [0.29, 0.717) is 5.65 Å². The molecule has 1 fully saturated rings. The molecule has 0 aliphatic carbocycles. The Hall–Kier alpha value is -3.13. The predicted octanol–water partition coefficient (Wildman–Crippen LogP) is 1.72. The van der Waals surface area contributed by atoms with Gasteiger partial charge in [0.2, 0.25) is 0 Å². The lowest BCUT2D eigenvalue weighted by Crippen LogP contribution is -2.49. The summed E-state index contributed by atoms with van der Waals surface area (Å²) in [6.45, 7) is 4.80. The smallest absolute Gasteiger partial charge is 0.354 e. The van der Waals surface area contributed by atoms with Gasteiger partial charge in [-0.15, -0.1) is 0 Å². The number of nitrogens with one attached hydrogen (secondary N) is 3. The summed E-state index contributed by atoms with van der Waals surface area (Å²) >= 11 is 0. The van der Waals surface area contributed by atoms with Gasteiger partial charge >= 0.3 is 5.69 Å². The molecule has 1 aliphatic heterocycles. The highest BCUT2D eigenvalue weighted by Crippen LogP contribution is 2.17. The third kappa shape index (κ3) is 4.32. The van der Waals surface area contributed by atoms with Gasteiger partial charge in [-0.05, 0) is 49.6 Å². The van der Waals surface area contributed by atoms with Crippen LogP contribution in [-0.4, -0.2) is 44.5 Å². The van der Waals surface area contributed by atoms with Gasteiger partial charge in [0.25, 0.3) is 0 Å². The highest BCUT2D eigenvalue weighted by atomic mass is 16.1. The summed E-state index contributed by atoms with van der Waals surface area (Å²) in [7, 11) is 0. The van der Waals surface area contributed by atoms with Crippen LogP contribution in [0.25, 0.3) is 16.7 Å². The van der Waals surface area contributed by atoms with Crippen molar-refractivity contribution in [3.05, 3.63) is 58.3 Å². The number of aromatic nitrogens is 3. The van der Waals surface area contributed by atoms with Crippen molar-refractivity contribution < 1.29 is 0 Å². The van der Waals surface area contributed by atoms with Gasteiger partial charge in [-0.1, -0.05) is 19.1 Å². The fourth-order valence-corrected chi connectivity index (χ4v) is 3.98. The average molecular weight is 393 g/mol. The molecule has 0 unspecified atom stereocenters. The van der Waals surface area contributed by atoms with Crippen LogP contribution in [0, 0.1) is 5.41 Å². The van der Waals surface area contributed by atoms with Crippen LogP contribution in [0.15, 0.2) is 41.3 Å². The van der Waals surface area contributed by atoms with Gasteiger partial charge in [0.05, 0.1) is 5.69 Å². The van der Waals surface area contributed by atoms with E-state index in [2.05, 4.69) is 39.2 Å². The van der Waals surface area contributed by atoms with Crippen molar-refractivity contribution in [3.63, 3.8) is 0 Å². The van der Waals surface area contributed by atoms with Crippen LogP contribution in [0.4, 0.5) is 0 Å². The van der Waals surface area contributed by atoms with E-state index in [4.69, 9.17) is 11.1 Å². The van der Waals surface area contributed by atoms with Gasteiger partial charge in [0, 0.05) is 36.4 Å². The molecular weight excluding hydrogens is 366 g/mol. The van der Waals surface area contributed by atoms with E-state index in [1.54, 1.807) is 4.57 Å². The second-order valence-corrected chi connectivity index (χ2v) is 7.64. The van der Waals surface area contributed by atoms with Crippen LogP contribution >= 0.6 is 0 Å². The zero-order valence-corrected chi connectivity index (χ0v) is 16.6. The van der Waals surface area contributed by atoms with Crippen molar-refractivity contribution in [2.45, 2.75) is 38.8 Å². The van der Waals surface area contributed by atoms with E-state index < -0.39 is 0 Å². The van der Waals surface area contributed by atoms with E-state index in [1.165, 1.54) is 5.56 Å². The zero-order chi connectivity index (χ0) is 20.4. The molecule has 0 spiro atoms. The normalized spacial score (nSPS) is 17.5. The van der Waals surface area contributed by atoms with Crippen molar-refractivity contribution in [1.29, 1.82) is 5.41 Å². The van der Waals surface area contributed by atoms with Crippen LogP contribution in [0.2, 0.25) is 0 Å². The molecule has 3 aromatic rings. The summed E-state index contributed by atoms with van der Waals surface area (Å²) in [5, 5.41) is 11.4. The molecule has 3 heterocycles. The maximum absolute atomic E-state index is 12.4. The summed E-state index contributed by atoms with van der Waals surface area (Å²) in [4.78, 5) is 22.2. The number of hydrogen-bond acceptors (Lipinski definition) is 4. The summed E-state index contributed by atoms with van der Waals surface area (Å²) in [5.41, 5.74) is 8.88. The number of H-pyrrole nitrogens is 1. The van der Waals surface area contributed by atoms with Crippen LogP contribution in [0.5, 0.6) is 0 Å². The first-order valence-corrected chi connectivity index (χ1v) is 10.1. The van der Waals surface area contributed by atoms with Gasteiger partial charge < -0.3 is 16.0 Å². The number of nitrogens with two attached hydrogens (primary N) is 1. The predicted molar refractivity (Wildman–Crippen MR) is 114 cm³/mol. The minimum Gasteiger partial charge on any atom is -0.370 e. The van der Waals surface area contributed by atoms with Gasteiger partial charge in [-0.3, -0.25) is 14.9 Å². The number of aryl methyl sites for hydroxylation is 1. The first-order valence-electron chi connectivity index (χ1n) is 10.1. The van der Waals surface area contributed by atoms with Crippen molar-refractivity contribution >= 4 is 17.0 Å². The van der Waals surface area contributed by atoms with Crippen LogP contribution in [0.3, 0.4) is 0 Å². The molecule has 5 N–H and O–H groups in total. The fourth-order valence-electron chi connectivity index (χ4n) is 3.98. The summed E-state index contributed by atoms with van der Waals surface area (Å²) < 4.78 is 1.59. The molecule has 29 heavy (non-hydrogen) atoms. The van der Waals surface area contributed by atoms with Gasteiger partial charge in [0.1, 0.15) is 5.65 Å². The largest absolute Gasteiger partial charge is 0.370 e. The van der Waals surface area contributed by atoms with Crippen molar-refractivity contribution in [3.8, 4) is 5.69 Å². The van der Waals surface area contributed by atoms with Crippen molar-refractivity contribution in [1.82, 2.24) is 24.8 Å². The molecule has 0 saturated carbocycles. The summed E-state index contributed by atoms with van der Waals surface area (Å²) in [6, 6.07) is 10.3. The average Bonchev–Trinajstić information content (AvgIpc) is 3.10. The fraction of sp³-hybridized carbons (Fsp3) is 0.381. The number of piperidine rings is 1. The number of hydrogen-bond donors (Lipinski definition) is 4. The molecule has 152 valence electrons. The van der Waals surface area contributed by atoms with Crippen molar-refractivity contribution in [2.75, 3.05) is 13.1 Å². The Balaban J connectivity index is 1.49. The van der Waals surface area contributed by atoms with Gasteiger partial charge in [0.15, 0.2) is 5.96 Å². The topological polar surface area (TPSA) is 116 Å². The van der Waals surface area contributed by atoms with Gasteiger partial charge in [-0.2, -0.15) is 4.98 Å². The molecule has 0 bridgehead atoms. The molecule has 0 amide bonds. The molecule has 1 aliphatic rings. The Kier molecular flexibility index (Phi) is 5.35. The maximum atomic E-state index is 12.4. The van der Waals surface area contributed by atoms with E-state index in [1.807, 2.05) is 24.4 Å². The van der Waals surface area contributed by atoms with Gasteiger partial charge in [-0.25, -0.2) is 4.79 Å². The molecule has 2 aromatic heterocycles. The molecule has 4 rings (SSSR count). The van der Waals surface area contributed by atoms with Crippen LogP contribution < -0.4 is 16.7 Å². The van der Waals surface area contributed by atoms with Crippen LogP contribution in [-0.2, 0) is 13.0 Å². The molecular formula is C21H27N7O. The lowest BCUT2D eigenvalue weighted by Gasteiger charge is -2.33. The standard InChI is InChI=1S/C21H27N7O/c1-2-16-10-15-12-28(21(29)26-19(15)24-16)18-7-5-14(6-8-18)11-27-9-3-4-17(13-27)25-20(22)23/h5-8,10,12,17H,2-4,9,11,13H2,1H3,(H4,22,23,25)(H,24,26,29)/t17-/m0/s1. The minimum atomic E-state index is -0.288. The minimum absolute atomic E-state index is 0.0331. The molecule has 1 aromatic carbocycles. The SMILES string of the molecule is CCc1cc2cn(-c3ccc(CN4CCC[C@H](NC(=N)N)C4)cc3)c(=O)nc2[nH]1. The van der Waals surface area contributed by atoms with E-state index in [-0.39, 0.29) is 17.7 Å². The number of fused-ring (bicyclic) bond motifs is 1. The molecule has 8 nitrogen and oxygen atoms in total. The van der Waals surface area contributed by atoms with E-state index in [9.17, 15) is 4.79 Å². The quantitative estimate of drug-likeness (QED) is 0.389. The Morgan fingerprint density at radius 1 is 1.38 bits per heavy atom. The third-order valence-corrected chi connectivity index (χ3v) is 5.43. The summed E-state index contributed by atoms with van der Waals surface area (Å²) in [5.74, 6) is 0.0331.